The SMILES string of the molecule is Cc1ccc(C(=O)NC[C@@H](O)CO)cc1-n1c(C)nc(OCc2ccc(F)cc2F)c(Br)c1=O. The van der Waals surface area contributed by atoms with Crippen molar-refractivity contribution >= 4 is 21.8 Å². The lowest BCUT2D eigenvalue weighted by atomic mass is 10.1. The number of halogens is 3. The fourth-order valence-electron chi connectivity index (χ4n) is 3.12. The summed E-state index contributed by atoms with van der Waals surface area (Å²) in [6.45, 7) is 2.44. The third-order valence-electron chi connectivity index (χ3n) is 4.97. The maximum Gasteiger partial charge on any atom is 0.276 e. The molecule has 0 aliphatic heterocycles. The molecule has 0 aliphatic rings. The zero-order valence-electron chi connectivity index (χ0n) is 18.3. The molecule has 1 atom stereocenters. The number of hydrogen-bond donors (Lipinski definition) is 3. The van der Waals surface area contributed by atoms with Crippen molar-refractivity contribution in [1.82, 2.24) is 14.9 Å². The van der Waals surface area contributed by atoms with Gasteiger partial charge < -0.3 is 20.3 Å². The molecule has 2 aromatic carbocycles. The number of hydrogen-bond acceptors (Lipinski definition) is 6. The first-order valence-corrected chi connectivity index (χ1v) is 11.0. The Morgan fingerprint density at radius 2 is 1.97 bits per heavy atom. The van der Waals surface area contributed by atoms with Gasteiger partial charge in [-0.1, -0.05) is 6.07 Å². The minimum atomic E-state index is -1.09. The molecule has 3 aromatic rings. The Morgan fingerprint density at radius 1 is 1.24 bits per heavy atom. The molecule has 0 bridgehead atoms. The van der Waals surface area contributed by atoms with Gasteiger partial charge in [-0.25, -0.2) is 8.78 Å². The van der Waals surface area contributed by atoms with Crippen LogP contribution in [0.4, 0.5) is 8.78 Å². The van der Waals surface area contributed by atoms with Gasteiger partial charge in [-0.2, -0.15) is 4.98 Å². The zero-order valence-corrected chi connectivity index (χ0v) is 19.9. The number of carbonyl (C=O) groups excluding carboxylic acids is 1. The molecule has 0 aliphatic carbocycles. The second kappa shape index (κ2) is 10.9. The summed E-state index contributed by atoms with van der Waals surface area (Å²) < 4.78 is 33.8. The van der Waals surface area contributed by atoms with Gasteiger partial charge in [-0.05, 0) is 59.6 Å². The molecule has 3 N–H and O–H groups in total. The lowest BCUT2D eigenvalue weighted by Gasteiger charge is -2.16. The summed E-state index contributed by atoms with van der Waals surface area (Å²) in [5, 5.41) is 20.8. The summed E-state index contributed by atoms with van der Waals surface area (Å²) in [5.74, 6) is -1.80. The lowest BCUT2D eigenvalue weighted by molar-refractivity contribution is 0.0802. The minimum absolute atomic E-state index is 0.0130. The third kappa shape index (κ3) is 5.66. The fourth-order valence-corrected chi connectivity index (χ4v) is 3.50. The number of rotatable bonds is 8. The highest BCUT2D eigenvalue weighted by Crippen LogP contribution is 2.24. The van der Waals surface area contributed by atoms with Gasteiger partial charge in [-0.3, -0.25) is 14.2 Å². The molecule has 34 heavy (non-hydrogen) atoms. The highest BCUT2D eigenvalue weighted by Gasteiger charge is 2.18. The van der Waals surface area contributed by atoms with Gasteiger partial charge in [0.05, 0.1) is 18.4 Å². The second-order valence-corrected chi connectivity index (χ2v) is 8.28. The summed E-state index contributed by atoms with van der Waals surface area (Å²) in [6, 6.07) is 7.81. The van der Waals surface area contributed by atoms with Crippen molar-refractivity contribution < 1.29 is 28.5 Å². The summed E-state index contributed by atoms with van der Waals surface area (Å²) >= 11 is 3.18. The molecular formula is C23H22BrF2N3O5. The zero-order chi connectivity index (χ0) is 25.0. The van der Waals surface area contributed by atoms with Gasteiger partial charge >= 0.3 is 0 Å². The number of aromatic nitrogens is 2. The van der Waals surface area contributed by atoms with E-state index < -0.39 is 35.8 Å². The molecule has 8 nitrogen and oxygen atoms in total. The maximum atomic E-state index is 13.9. The Hall–Kier alpha value is -3.15. The van der Waals surface area contributed by atoms with Gasteiger partial charge in [-0.15, -0.1) is 0 Å². The van der Waals surface area contributed by atoms with E-state index in [-0.39, 0.29) is 40.5 Å². The molecule has 180 valence electrons. The Balaban J connectivity index is 1.91. The second-order valence-electron chi connectivity index (χ2n) is 7.49. The van der Waals surface area contributed by atoms with Gasteiger partial charge in [0.25, 0.3) is 11.5 Å². The fraction of sp³-hybridized carbons (Fsp3) is 0.261. The average molecular weight is 538 g/mol. The number of aliphatic hydroxyl groups excluding tert-OH is 2. The topological polar surface area (TPSA) is 114 Å². The first-order chi connectivity index (χ1) is 16.1. The van der Waals surface area contributed by atoms with E-state index in [1.165, 1.54) is 16.7 Å². The number of carbonyl (C=O) groups is 1. The normalized spacial score (nSPS) is 11.9. The number of aryl methyl sites for hydroxylation is 2. The van der Waals surface area contributed by atoms with Crippen LogP contribution in [0.25, 0.3) is 5.69 Å². The Labute approximate surface area is 202 Å². The van der Waals surface area contributed by atoms with Crippen molar-refractivity contribution in [3.63, 3.8) is 0 Å². The molecule has 0 unspecified atom stereocenters. The van der Waals surface area contributed by atoms with Crippen molar-refractivity contribution in [3.8, 4) is 11.6 Å². The predicted molar refractivity (Wildman–Crippen MR) is 123 cm³/mol. The van der Waals surface area contributed by atoms with Crippen LogP contribution in [0.15, 0.2) is 45.7 Å². The van der Waals surface area contributed by atoms with E-state index in [2.05, 4.69) is 26.2 Å². The molecule has 1 heterocycles. The lowest BCUT2D eigenvalue weighted by Crippen LogP contribution is -2.34. The molecule has 0 saturated heterocycles. The number of nitrogens with zero attached hydrogens (tertiary/aromatic N) is 2. The van der Waals surface area contributed by atoms with Crippen molar-refractivity contribution in [1.29, 1.82) is 0 Å². The number of nitrogens with one attached hydrogen (secondary N) is 1. The van der Waals surface area contributed by atoms with Gasteiger partial charge in [0.15, 0.2) is 0 Å². The van der Waals surface area contributed by atoms with Crippen LogP contribution in [0.1, 0.15) is 27.3 Å². The third-order valence-corrected chi connectivity index (χ3v) is 5.64. The number of ether oxygens (including phenoxy) is 1. The standard InChI is InChI=1S/C23H22BrF2N3O5/c1-12-3-4-14(21(32)27-9-17(31)10-30)7-19(12)29-13(2)28-22(20(24)23(29)33)34-11-15-5-6-16(25)8-18(15)26/h3-8,17,30-31H,9-11H2,1-2H3,(H,27,32)/t17-/m1/s1. The number of amides is 1. The molecular weight excluding hydrogens is 516 g/mol. The van der Waals surface area contributed by atoms with E-state index in [1.807, 2.05) is 0 Å². The summed E-state index contributed by atoms with van der Waals surface area (Å²) in [4.78, 5) is 29.9. The molecule has 11 heteroatoms. The molecule has 0 radical (unpaired) electrons. The number of aliphatic hydroxyl groups is 2. The van der Waals surface area contributed by atoms with E-state index in [0.717, 1.165) is 12.1 Å². The van der Waals surface area contributed by atoms with Crippen molar-refractivity contribution in [2.75, 3.05) is 13.2 Å². The quantitative estimate of drug-likeness (QED) is 0.407. The van der Waals surface area contributed by atoms with Crippen LogP contribution < -0.4 is 15.6 Å². The number of benzene rings is 2. The summed E-state index contributed by atoms with van der Waals surface area (Å²) in [7, 11) is 0. The molecule has 0 fully saturated rings. The van der Waals surface area contributed by atoms with Crippen LogP contribution in [0.5, 0.6) is 5.88 Å². The van der Waals surface area contributed by atoms with Crippen LogP contribution in [-0.4, -0.2) is 44.9 Å². The van der Waals surface area contributed by atoms with E-state index >= 15 is 0 Å². The van der Waals surface area contributed by atoms with Crippen molar-refractivity contribution in [3.05, 3.63) is 85.4 Å². The minimum Gasteiger partial charge on any atom is -0.472 e. The van der Waals surface area contributed by atoms with Crippen LogP contribution in [-0.2, 0) is 6.61 Å². The first kappa shape index (κ1) is 25.5. The van der Waals surface area contributed by atoms with Crippen LogP contribution >= 0.6 is 15.9 Å². The highest BCUT2D eigenvalue weighted by atomic mass is 79.9. The van der Waals surface area contributed by atoms with Crippen LogP contribution in [0, 0.1) is 25.5 Å². The van der Waals surface area contributed by atoms with Gasteiger partial charge in [0.2, 0.25) is 5.88 Å². The molecule has 1 aromatic heterocycles. The highest BCUT2D eigenvalue weighted by molar-refractivity contribution is 9.10. The Morgan fingerprint density at radius 3 is 2.65 bits per heavy atom. The van der Waals surface area contributed by atoms with E-state index in [4.69, 9.17) is 9.84 Å². The largest absolute Gasteiger partial charge is 0.472 e. The Bertz CT molecular complexity index is 1280. The molecule has 1 amide bonds. The molecule has 0 spiro atoms. The van der Waals surface area contributed by atoms with E-state index in [1.54, 1.807) is 26.0 Å². The molecule has 3 rings (SSSR count). The molecule has 0 saturated carbocycles. The predicted octanol–water partition coefficient (Wildman–Crippen LogP) is 2.55. The van der Waals surface area contributed by atoms with Crippen molar-refractivity contribution in [2.24, 2.45) is 0 Å². The van der Waals surface area contributed by atoms with E-state index in [0.29, 0.717) is 11.3 Å². The van der Waals surface area contributed by atoms with Gasteiger partial charge in [0, 0.05) is 23.7 Å². The van der Waals surface area contributed by atoms with Crippen LogP contribution in [0.3, 0.4) is 0 Å². The summed E-state index contributed by atoms with van der Waals surface area (Å²) in [6.07, 6.45) is -1.09. The summed E-state index contributed by atoms with van der Waals surface area (Å²) in [5.41, 5.74) is 0.909. The smallest absolute Gasteiger partial charge is 0.276 e. The van der Waals surface area contributed by atoms with Gasteiger partial charge in [0.1, 0.15) is 28.5 Å². The average Bonchev–Trinajstić information content (AvgIpc) is 2.80. The van der Waals surface area contributed by atoms with Crippen LogP contribution in [0.2, 0.25) is 0 Å². The first-order valence-electron chi connectivity index (χ1n) is 10.2. The van der Waals surface area contributed by atoms with Crippen molar-refractivity contribution in [2.45, 2.75) is 26.6 Å². The monoisotopic (exact) mass is 537 g/mol. The van der Waals surface area contributed by atoms with E-state index in [9.17, 15) is 23.5 Å². The Kier molecular flexibility index (Phi) is 8.13. The maximum absolute atomic E-state index is 13.9.